The van der Waals surface area contributed by atoms with Gasteiger partial charge in [-0.2, -0.15) is 0 Å². The number of anilines is 3. The van der Waals surface area contributed by atoms with E-state index >= 15 is 0 Å². The molecule has 0 saturated heterocycles. The summed E-state index contributed by atoms with van der Waals surface area (Å²) in [5.74, 6) is 0.621. The van der Waals surface area contributed by atoms with E-state index in [2.05, 4.69) is 25.9 Å². The summed E-state index contributed by atoms with van der Waals surface area (Å²) in [5, 5.41) is 8.76. The minimum Gasteiger partial charge on any atom is -0.347 e. The number of amides is 2. The normalized spacial score (nSPS) is 10.3. The van der Waals surface area contributed by atoms with Crippen LogP contribution in [0.5, 0.6) is 0 Å². The Balaban J connectivity index is 1.68. The third kappa shape index (κ3) is 5.87. The number of benzene rings is 2. The zero-order chi connectivity index (χ0) is 20.8. The van der Waals surface area contributed by atoms with Gasteiger partial charge in [-0.3, -0.25) is 9.59 Å². The second-order valence-corrected chi connectivity index (χ2v) is 6.74. The molecule has 29 heavy (non-hydrogen) atoms. The Morgan fingerprint density at radius 2 is 1.66 bits per heavy atom. The summed E-state index contributed by atoms with van der Waals surface area (Å²) in [6.07, 6.45) is 0. The van der Waals surface area contributed by atoms with E-state index in [4.69, 9.17) is 0 Å². The van der Waals surface area contributed by atoms with Crippen molar-refractivity contribution in [2.75, 3.05) is 10.6 Å². The third-order valence-corrected chi connectivity index (χ3v) is 4.08. The van der Waals surface area contributed by atoms with Crippen LogP contribution in [0.1, 0.15) is 34.4 Å². The van der Waals surface area contributed by atoms with Crippen LogP contribution in [0.15, 0.2) is 54.6 Å². The van der Waals surface area contributed by atoms with Crippen molar-refractivity contribution in [1.29, 1.82) is 0 Å². The molecule has 0 atom stereocenters. The molecule has 7 nitrogen and oxygen atoms in total. The standard InChI is InChI=1S/C22H23N5O2/c1-14-5-4-6-17(11-14)13-23-22(29)20-12-21(25-15(2)24-20)27-19-9-7-18(8-10-19)26-16(3)28/h4-12H,13H2,1-3H3,(H,23,29)(H,26,28)(H,24,25,27). The molecule has 0 saturated carbocycles. The first-order chi connectivity index (χ1) is 13.9. The highest BCUT2D eigenvalue weighted by Gasteiger charge is 2.11. The number of nitrogens with zero attached hydrogens (tertiary/aromatic N) is 2. The average molecular weight is 389 g/mol. The van der Waals surface area contributed by atoms with Gasteiger partial charge in [0, 0.05) is 30.9 Å². The Bertz CT molecular complexity index is 1030. The van der Waals surface area contributed by atoms with E-state index in [0.717, 1.165) is 16.8 Å². The summed E-state index contributed by atoms with van der Waals surface area (Å²) in [4.78, 5) is 32.2. The van der Waals surface area contributed by atoms with E-state index < -0.39 is 0 Å². The maximum atomic E-state index is 12.5. The minimum atomic E-state index is -0.263. The number of aryl methyl sites for hydroxylation is 2. The van der Waals surface area contributed by atoms with Crippen LogP contribution in [0.3, 0.4) is 0 Å². The molecular formula is C22H23N5O2. The summed E-state index contributed by atoms with van der Waals surface area (Å²) in [5.41, 5.74) is 3.95. The molecule has 0 fully saturated rings. The van der Waals surface area contributed by atoms with Gasteiger partial charge in [0.25, 0.3) is 5.91 Å². The molecule has 0 radical (unpaired) electrons. The first-order valence-electron chi connectivity index (χ1n) is 9.23. The number of rotatable bonds is 6. The van der Waals surface area contributed by atoms with Gasteiger partial charge >= 0.3 is 0 Å². The lowest BCUT2D eigenvalue weighted by molar-refractivity contribution is -0.114. The van der Waals surface area contributed by atoms with E-state index in [0.29, 0.717) is 29.6 Å². The highest BCUT2D eigenvalue weighted by atomic mass is 16.2. The highest BCUT2D eigenvalue weighted by molar-refractivity contribution is 5.93. The van der Waals surface area contributed by atoms with Crippen molar-refractivity contribution in [3.63, 3.8) is 0 Å². The molecule has 0 unspecified atom stereocenters. The van der Waals surface area contributed by atoms with Crippen LogP contribution >= 0.6 is 0 Å². The van der Waals surface area contributed by atoms with Crippen LogP contribution in [-0.2, 0) is 11.3 Å². The smallest absolute Gasteiger partial charge is 0.270 e. The minimum absolute atomic E-state index is 0.126. The lowest BCUT2D eigenvalue weighted by Crippen LogP contribution is -2.24. The van der Waals surface area contributed by atoms with E-state index in [9.17, 15) is 9.59 Å². The Hall–Kier alpha value is -3.74. The van der Waals surface area contributed by atoms with Crippen LogP contribution in [0, 0.1) is 13.8 Å². The summed E-state index contributed by atoms with van der Waals surface area (Å²) < 4.78 is 0. The van der Waals surface area contributed by atoms with Crippen molar-refractivity contribution in [3.8, 4) is 0 Å². The average Bonchev–Trinajstić information content (AvgIpc) is 2.67. The van der Waals surface area contributed by atoms with Crippen molar-refractivity contribution in [3.05, 3.63) is 77.2 Å². The SMILES string of the molecule is CC(=O)Nc1ccc(Nc2cc(C(=O)NCc3cccc(C)c3)nc(C)n2)cc1. The molecule has 148 valence electrons. The lowest BCUT2D eigenvalue weighted by Gasteiger charge is -2.10. The van der Waals surface area contributed by atoms with Gasteiger partial charge in [-0.15, -0.1) is 0 Å². The molecule has 3 N–H and O–H groups in total. The number of hydrogen-bond donors (Lipinski definition) is 3. The van der Waals surface area contributed by atoms with Crippen LogP contribution in [-0.4, -0.2) is 21.8 Å². The molecule has 0 spiro atoms. The first-order valence-corrected chi connectivity index (χ1v) is 9.23. The molecule has 3 aromatic rings. The molecule has 1 aromatic heterocycles. The fourth-order valence-electron chi connectivity index (χ4n) is 2.83. The Morgan fingerprint density at radius 1 is 0.931 bits per heavy atom. The molecule has 0 bridgehead atoms. The van der Waals surface area contributed by atoms with Crippen molar-refractivity contribution < 1.29 is 9.59 Å². The third-order valence-electron chi connectivity index (χ3n) is 4.08. The van der Waals surface area contributed by atoms with Crippen molar-refractivity contribution >= 4 is 29.0 Å². The zero-order valence-electron chi connectivity index (χ0n) is 16.6. The Kier molecular flexibility index (Phi) is 6.19. The molecule has 1 heterocycles. The quantitative estimate of drug-likeness (QED) is 0.597. The van der Waals surface area contributed by atoms with Crippen LogP contribution < -0.4 is 16.0 Å². The second kappa shape index (κ2) is 8.97. The summed E-state index contributed by atoms with van der Waals surface area (Å²) >= 11 is 0. The second-order valence-electron chi connectivity index (χ2n) is 6.74. The zero-order valence-corrected chi connectivity index (χ0v) is 16.6. The van der Waals surface area contributed by atoms with Crippen molar-refractivity contribution in [2.45, 2.75) is 27.3 Å². The van der Waals surface area contributed by atoms with E-state index in [1.807, 2.05) is 43.3 Å². The molecule has 0 aliphatic rings. The van der Waals surface area contributed by atoms with Gasteiger partial charge in [-0.1, -0.05) is 29.8 Å². The van der Waals surface area contributed by atoms with Gasteiger partial charge in [-0.25, -0.2) is 9.97 Å². The maximum Gasteiger partial charge on any atom is 0.270 e. The summed E-state index contributed by atoms with van der Waals surface area (Å²) in [7, 11) is 0. The maximum absolute atomic E-state index is 12.5. The summed E-state index contributed by atoms with van der Waals surface area (Å²) in [6, 6.07) is 16.8. The molecule has 0 aliphatic carbocycles. The first kappa shape index (κ1) is 20.0. The van der Waals surface area contributed by atoms with Gasteiger partial charge in [0.15, 0.2) is 0 Å². The van der Waals surface area contributed by atoms with E-state index in [1.165, 1.54) is 6.92 Å². The Morgan fingerprint density at radius 3 is 2.34 bits per heavy atom. The molecule has 0 aliphatic heterocycles. The van der Waals surface area contributed by atoms with Gasteiger partial charge in [-0.05, 0) is 43.7 Å². The predicted octanol–water partition coefficient (Wildman–Crippen LogP) is 3.73. The van der Waals surface area contributed by atoms with E-state index in [-0.39, 0.29) is 11.8 Å². The fourth-order valence-corrected chi connectivity index (χ4v) is 2.83. The van der Waals surface area contributed by atoms with Crippen molar-refractivity contribution in [1.82, 2.24) is 15.3 Å². The molecule has 2 aromatic carbocycles. The topological polar surface area (TPSA) is 96.0 Å². The Labute approximate surface area is 169 Å². The van der Waals surface area contributed by atoms with Gasteiger partial charge < -0.3 is 16.0 Å². The molecular weight excluding hydrogens is 366 g/mol. The van der Waals surface area contributed by atoms with E-state index in [1.54, 1.807) is 25.1 Å². The lowest BCUT2D eigenvalue weighted by atomic mass is 10.1. The molecule has 2 amide bonds. The molecule has 7 heteroatoms. The number of aromatic nitrogens is 2. The number of carbonyl (C=O) groups is 2. The number of hydrogen-bond acceptors (Lipinski definition) is 5. The predicted molar refractivity (Wildman–Crippen MR) is 113 cm³/mol. The summed E-state index contributed by atoms with van der Waals surface area (Å²) in [6.45, 7) is 5.64. The van der Waals surface area contributed by atoms with Crippen molar-refractivity contribution in [2.24, 2.45) is 0 Å². The monoisotopic (exact) mass is 389 g/mol. The van der Waals surface area contributed by atoms with Crippen LogP contribution in [0.2, 0.25) is 0 Å². The van der Waals surface area contributed by atoms with Gasteiger partial charge in [0.2, 0.25) is 5.91 Å². The van der Waals surface area contributed by atoms with Crippen LogP contribution in [0.25, 0.3) is 0 Å². The number of carbonyl (C=O) groups excluding carboxylic acids is 2. The molecule has 3 rings (SSSR count). The largest absolute Gasteiger partial charge is 0.347 e. The van der Waals surface area contributed by atoms with Gasteiger partial charge in [0.05, 0.1) is 0 Å². The highest BCUT2D eigenvalue weighted by Crippen LogP contribution is 2.18. The number of nitrogens with one attached hydrogen (secondary N) is 3. The fraction of sp³-hybridized carbons (Fsp3) is 0.182. The van der Waals surface area contributed by atoms with Gasteiger partial charge in [0.1, 0.15) is 17.3 Å². The van der Waals surface area contributed by atoms with Crippen LogP contribution in [0.4, 0.5) is 17.2 Å².